The second-order valence-corrected chi connectivity index (χ2v) is 8.26. The zero-order chi connectivity index (χ0) is 22.5. The molecule has 0 bridgehead atoms. The van der Waals surface area contributed by atoms with Crippen LogP contribution in [0.1, 0.15) is 11.1 Å². The fourth-order valence-corrected chi connectivity index (χ4v) is 3.58. The molecule has 0 radical (unpaired) electrons. The van der Waals surface area contributed by atoms with Crippen molar-refractivity contribution in [1.82, 2.24) is 15.0 Å². The van der Waals surface area contributed by atoms with E-state index < -0.39 is 0 Å². The van der Waals surface area contributed by atoms with Crippen molar-refractivity contribution in [2.45, 2.75) is 6.92 Å². The summed E-state index contributed by atoms with van der Waals surface area (Å²) in [5.74, 6) is 1.17. The number of hydrazone groups is 1. The van der Waals surface area contributed by atoms with Gasteiger partial charge in [0.05, 0.1) is 24.5 Å². The zero-order valence-electron chi connectivity index (χ0n) is 17.1. The van der Waals surface area contributed by atoms with Gasteiger partial charge in [0, 0.05) is 34.4 Å². The molecular weight excluding hydrogens is 473 g/mol. The summed E-state index contributed by atoms with van der Waals surface area (Å²) < 4.78 is 5.43. The predicted molar refractivity (Wildman–Crippen MR) is 130 cm³/mol. The molecule has 0 amide bonds. The van der Waals surface area contributed by atoms with Crippen molar-refractivity contribution in [2.75, 3.05) is 41.9 Å². The maximum absolute atomic E-state index is 6.25. The zero-order valence-corrected chi connectivity index (χ0v) is 19.4. The highest BCUT2D eigenvalue weighted by Gasteiger charge is 2.17. The lowest BCUT2D eigenvalue weighted by Crippen LogP contribution is -2.37. The van der Waals surface area contributed by atoms with Gasteiger partial charge in [0.25, 0.3) is 0 Å². The Labute approximate surface area is 200 Å². The lowest BCUT2D eigenvalue weighted by molar-refractivity contribution is 0.122. The van der Waals surface area contributed by atoms with Gasteiger partial charge < -0.3 is 15.0 Å². The molecule has 0 spiro atoms. The minimum absolute atomic E-state index is 0.281. The predicted octanol–water partition coefficient (Wildman–Crippen LogP) is 5.17. The number of ether oxygens (including phenoxy) is 1. The molecule has 0 aliphatic carbocycles. The van der Waals surface area contributed by atoms with Crippen LogP contribution in [0.2, 0.25) is 15.1 Å². The Hall–Kier alpha value is -2.65. The van der Waals surface area contributed by atoms with Crippen molar-refractivity contribution in [3.8, 4) is 0 Å². The van der Waals surface area contributed by atoms with E-state index in [1.54, 1.807) is 24.4 Å². The minimum Gasteiger partial charge on any atom is -0.378 e. The summed E-state index contributed by atoms with van der Waals surface area (Å²) in [7, 11) is 0. The molecule has 1 saturated heterocycles. The van der Waals surface area contributed by atoms with Crippen LogP contribution in [-0.4, -0.2) is 47.5 Å². The molecular formula is C21H20Cl3N7O. The first-order valence-corrected chi connectivity index (χ1v) is 11.0. The van der Waals surface area contributed by atoms with Crippen molar-refractivity contribution in [1.29, 1.82) is 0 Å². The monoisotopic (exact) mass is 491 g/mol. The topological polar surface area (TPSA) is 87.6 Å². The molecule has 32 heavy (non-hydrogen) atoms. The molecule has 1 aromatic heterocycles. The number of anilines is 4. The van der Waals surface area contributed by atoms with Gasteiger partial charge in [-0.25, -0.2) is 5.43 Å². The Balaban J connectivity index is 1.58. The summed E-state index contributed by atoms with van der Waals surface area (Å²) in [5.41, 5.74) is 5.31. The van der Waals surface area contributed by atoms with E-state index in [2.05, 4.69) is 30.8 Å². The number of benzene rings is 2. The Morgan fingerprint density at radius 2 is 1.75 bits per heavy atom. The quantitative estimate of drug-likeness (QED) is 0.363. The van der Waals surface area contributed by atoms with Gasteiger partial charge >= 0.3 is 0 Å². The number of aromatic nitrogens is 3. The third kappa shape index (κ3) is 5.77. The smallest absolute Gasteiger partial charge is 0.250 e. The van der Waals surface area contributed by atoms with Gasteiger partial charge in [0.2, 0.25) is 17.8 Å². The largest absolute Gasteiger partial charge is 0.378 e. The van der Waals surface area contributed by atoms with Crippen molar-refractivity contribution < 1.29 is 4.74 Å². The molecule has 1 fully saturated rings. The van der Waals surface area contributed by atoms with E-state index >= 15 is 0 Å². The second-order valence-electron chi connectivity index (χ2n) is 7.01. The van der Waals surface area contributed by atoms with Gasteiger partial charge in [-0.3, -0.25) is 0 Å². The van der Waals surface area contributed by atoms with Gasteiger partial charge in [0.15, 0.2) is 0 Å². The number of aryl methyl sites for hydroxylation is 1. The standard InChI is InChI=1S/C21H20Cl3N7O/c1-13-2-5-16(11-17(13)23)26-19-27-20(29-21(28-19)31-6-8-32-9-7-31)30-25-12-14-3-4-15(22)10-18(14)24/h2-5,10-12H,6-9H2,1H3,(H2,26,27,28,29,30)/b25-12-. The summed E-state index contributed by atoms with van der Waals surface area (Å²) in [5, 5.41) is 9.10. The molecule has 4 rings (SSSR count). The molecule has 11 heteroatoms. The second kappa shape index (κ2) is 10.3. The van der Waals surface area contributed by atoms with E-state index in [0.29, 0.717) is 58.8 Å². The van der Waals surface area contributed by atoms with Crippen LogP contribution >= 0.6 is 34.8 Å². The van der Waals surface area contributed by atoms with Crippen molar-refractivity contribution in [3.05, 3.63) is 62.6 Å². The van der Waals surface area contributed by atoms with E-state index in [-0.39, 0.29) is 5.95 Å². The van der Waals surface area contributed by atoms with E-state index in [1.165, 1.54) is 0 Å². The molecule has 0 saturated carbocycles. The van der Waals surface area contributed by atoms with Crippen LogP contribution in [0.5, 0.6) is 0 Å². The summed E-state index contributed by atoms with van der Waals surface area (Å²) in [4.78, 5) is 15.5. The van der Waals surface area contributed by atoms with Crippen LogP contribution in [0.4, 0.5) is 23.5 Å². The van der Waals surface area contributed by atoms with E-state index in [4.69, 9.17) is 39.5 Å². The van der Waals surface area contributed by atoms with Crippen LogP contribution in [0.25, 0.3) is 0 Å². The Morgan fingerprint density at radius 3 is 2.50 bits per heavy atom. The summed E-state index contributed by atoms with van der Waals surface area (Å²) in [6.07, 6.45) is 1.57. The molecule has 2 aromatic carbocycles. The highest BCUT2D eigenvalue weighted by Crippen LogP contribution is 2.24. The number of hydrogen-bond acceptors (Lipinski definition) is 8. The van der Waals surface area contributed by atoms with E-state index in [0.717, 1.165) is 11.3 Å². The highest BCUT2D eigenvalue weighted by molar-refractivity contribution is 6.36. The number of morpholine rings is 1. The molecule has 0 atom stereocenters. The third-order valence-corrected chi connectivity index (χ3v) is 5.65. The highest BCUT2D eigenvalue weighted by atomic mass is 35.5. The summed E-state index contributed by atoms with van der Waals surface area (Å²) in [6, 6.07) is 10.8. The van der Waals surface area contributed by atoms with Crippen LogP contribution in [0.15, 0.2) is 41.5 Å². The molecule has 3 aromatic rings. The normalized spacial score (nSPS) is 14.1. The summed E-state index contributed by atoms with van der Waals surface area (Å²) >= 11 is 18.4. The lowest BCUT2D eigenvalue weighted by atomic mass is 10.2. The Morgan fingerprint density at radius 1 is 0.969 bits per heavy atom. The number of hydrogen-bond donors (Lipinski definition) is 2. The first kappa shape index (κ1) is 22.5. The van der Waals surface area contributed by atoms with Crippen LogP contribution in [0, 0.1) is 6.92 Å². The molecule has 1 aliphatic rings. The molecule has 2 heterocycles. The van der Waals surface area contributed by atoms with Crippen LogP contribution < -0.4 is 15.6 Å². The van der Waals surface area contributed by atoms with E-state index in [9.17, 15) is 0 Å². The van der Waals surface area contributed by atoms with Gasteiger partial charge in [-0.1, -0.05) is 46.9 Å². The average molecular weight is 493 g/mol. The number of rotatable bonds is 6. The van der Waals surface area contributed by atoms with Crippen molar-refractivity contribution >= 4 is 64.5 Å². The molecule has 1 aliphatic heterocycles. The number of nitrogens with one attached hydrogen (secondary N) is 2. The molecule has 8 nitrogen and oxygen atoms in total. The van der Waals surface area contributed by atoms with Crippen molar-refractivity contribution in [3.63, 3.8) is 0 Å². The van der Waals surface area contributed by atoms with Crippen LogP contribution in [0.3, 0.4) is 0 Å². The maximum atomic E-state index is 6.25. The Bertz CT molecular complexity index is 1140. The van der Waals surface area contributed by atoms with Gasteiger partial charge in [-0.2, -0.15) is 20.1 Å². The first-order chi connectivity index (χ1) is 15.5. The Kier molecular flexibility index (Phi) is 7.26. The van der Waals surface area contributed by atoms with Gasteiger partial charge in [0.1, 0.15) is 0 Å². The average Bonchev–Trinajstić information content (AvgIpc) is 2.78. The SMILES string of the molecule is Cc1ccc(Nc2nc(N/N=C\c3ccc(Cl)cc3Cl)nc(N3CCOCC3)n2)cc1Cl. The van der Waals surface area contributed by atoms with Gasteiger partial charge in [-0.05, 0) is 36.8 Å². The number of halogens is 3. The minimum atomic E-state index is 0.281. The van der Waals surface area contributed by atoms with Gasteiger partial charge in [-0.15, -0.1) is 0 Å². The maximum Gasteiger partial charge on any atom is 0.250 e. The fraction of sp³-hybridized carbons (Fsp3) is 0.238. The number of nitrogens with zero attached hydrogens (tertiary/aromatic N) is 5. The van der Waals surface area contributed by atoms with Crippen LogP contribution in [-0.2, 0) is 4.74 Å². The summed E-state index contributed by atoms with van der Waals surface area (Å²) in [6.45, 7) is 4.53. The molecule has 166 valence electrons. The fourth-order valence-electron chi connectivity index (χ4n) is 2.94. The first-order valence-electron chi connectivity index (χ1n) is 9.84. The van der Waals surface area contributed by atoms with Crippen molar-refractivity contribution in [2.24, 2.45) is 5.10 Å². The van der Waals surface area contributed by atoms with E-state index in [1.807, 2.05) is 30.0 Å². The lowest BCUT2D eigenvalue weighted by Gasteiger charge is -2.27. The molecule has 2 N–H and O–H groups in total. The molecule has 0 unspecified atom stereocenters. The third-order valence-electron chi connectivity index (χ3n) is 4.68.